The molecule has 0 saturated carbocycles. The summed E-state index contributed by atoms with van der Waals surface area (Å²) >= 11 is 1.90. The van der Waals surface area contributed by atoms with Crippen LogP contribution in [0.5, 0.6) is 0 Å². The minimum Gasteiger partial charge on any atom is -0.134 e. The summed E-state index contributed by atoms with van der Waals surface area (Å²) in [4.78, 5) is 0. The molecule has 0 aliphatic rings. The van der Waals surface area contributed by atoms with Gasteiger partial charge in [-0.3, -0.25) is 0 Å². The Bertz CT molecular complexity index is 3840. The number of thiophene rings is 1. The first kappa shape index (κ1) is 43.8. The van der Waals surface area contributed by atoms with Crippen LogP contribution in [0, 0.1) is 0 Å². The quantitative estimate of drug-likeness (QED) is 0.128. The van der Waals surface area contributed by atoms with E-state index >= 15 is 0 Å². The van der Waals surface area contributed by atoms with Gasteiger partial charge in [0, 0.05) is 20.2 Å². The highest BCUT2D eigenvalue weighted by Gasteiger charge is 2.15. The van der Waals surface area contributed by atoms with Gasteiger partial charge in [0.05, 0.1) is 0 Å². The largest absolute Gasteiger partial charge is 0.134 e. The molecular formula is C72H48S. The summed E-state index contributed by atoms with van der Waals surface area (Å²) in [5, 5.41) is 2.60. The first-order valence-corrected chi connectivity index (χ1v) is 25.9. The molecule has 12 aromatic carbocycles. The van der Waals surface area contributed by atoms with Crippen molar-refractivity contribution in [2.45, 2.75) is 0 Å². The summed E-state index contributed by atoms with van der Waals surface area (Å²) in [6, 6.07) is 106. The van der Waals surface area contributed by atoms with Crippen molar-refractivity contribution in [2.75, 3.05) is 0 Å². The van der Waals surface area contributed by atoms with Gasteiger partial charge in [0.1, 0.15) is 0 Å². The molecule has 1 heteroatoms. The Morgan fingerprint density at radius 2 is 0.356 bits per heavy atom. The van der Waals surface area contributed by atoms with Crippen LogP contribution in [0.4, 0.5) is 0 Å². The van der Waals surface area contributed by atoms with E-state index in [0.29, 0.717) is 0 Å². The highest BCUT2D eigenvalue weighted by molar-refractivity contribution is 7.26. The van der Waals surface area contributed by atoms with Gasteiger partial charge < -0.3 is 0 Å². The summed E-state index contributed by atoms with van der Waals surface area (Å²) in [7, 11) is 0. The molecule has 0 nitrogen and oxygen atoms in total. The van der Waals surface area contributed by atoms with Crippen LogP contribution >= 0.6 is 11.3 Å². The van der Waals surface area contributed by atoms with Gasteiger partial charge in [-0.05, 0) is 148 Å². The van der Waals surface area contributed by atoms with E-state index in [0.717, 1.165) is 0 Å². The molecule has 0 N–H and O–H groups in total. The summed E-state index contributed by atoms with van der Waals surface area (Å²) in [6.45, 7) is 0. The highest BCUT2D eigenvalue weighted by Crippen LogP contribution is 2.45. The molecule has 0 bridgehead atoms. The van der Waals surface area contributed by atoms with Gasteiger partial charge in [0.15, 0.2) is 0 Å². The van der Waals surface area contributed by atoms with Crippen LogP contribution in [-0.4, -0.2) is 0 Å². The van der Waals surface area contributed by atoms with Crippen molar-refractivity contribution in [1.82, 2.24) is 0 Å². The molecule has 0 spiro atoms. The molecule has 0 aliphatic heterocycles. The number of hydrogen-bond acceptors (Lipinski definition) is 1. The summed E-state index contributed by atoms with van der Waals surface area (Å²) in [6.07, 6.45) is 0. The Morgan fingerprint density at radius 3 is 0.630 bits per heavy atom. The molecular weight excluding hydrogens is 897 g/mol. The standard InChI is InChI=1S/C72H48S/c1-3-15-49(16-4-1)55-19-7-23-59(43-55)63-27-11-29-65(47-63)61-25-9-21-57(45-61)51-35-39-53(40-36-51)67-31-13-33-69-70-34-14-32-68(72(70)73-71(67)69)54-41-37-52(38-42-54)58-22-10-26-62(46-58)66-30-12-28-64(48-66)60-24-8-20-56(44-60)50-17-5-2-6-18-50/h1-48H. The molecule has 0 aliphatic carbocycles. The second-order valence-corrected chi connectivity index (χ2v) is 19.9. The zero-order valence-corrected chi connectivity index (χ0v) is 40.9. The van der Waals surface area contributed by atoms with Gasteiger partial charge in [-0.1, -0.05) is 255 Å². The van der Waals surface area contributed by atoms with Gasteiger partial charge in [-0.2, -0.15) is 0 Å². The lowest BCUT2D eigenvalue weighted by molar-refractivity contribution is 1.56. The second-order valence-electron chi connectivity index (χ2n) is 18.8. The summed E-state index contributed by atoms with van der Waals surface area (Å²) < 4.78 is 2.63. The molecule has 0 radical (unpaired) electrons. The minimum atomic E-state index is 1.20. The van der Waals surface area contributed by atoms with Crippen molar-refractivity contribution >= 4 is 31.5 Å². The third-order valence-electron chi connectivity index (χ3n) is 14.3. The van der Waals surface area contributed by atoms with Crippen LogP contribution in [0.25, 0.3) is 131 Å². The molecule has 0 amide bonds. The fourth-order valence-electron chi connectivity index (χ4n) is 10.5. The summed E-state index contributed by atoms with van der Waals surface area (Å²) in [5.74, 6) is 0. The predicted molar refractivity (Wildman–Crippen MR) is 314 cm³/mol. The third kappa shape index (κ3) is 8.78. The Kier molecular flexibility index (Phi) is 11.5. The molecule has 13 rings (SSSR count). The van der Waals surface area contributed by atoms with Crippen molar-refractivity contribution in [3.05, 3.63) is 291 Å². The molecule has 1 heterocycles. The molecule has 0 atom stereocenters. The maximum Gasteiger partial charge on any atom is 0.0434 e. The molecule has 342 valence electrons. The van der Waals surface area contributed by atoms with Crippen molar-refractivity contribution in [3.63, 3.8) is 0 Å². The lowest BCUT2D eigenvalue weighted by atomic mass is 9.94. The number of fused-ring (bicyclic) bond motifs is 3. The van der Waals surface area contributed by atoms with Crippen LogP contribution in [0.2, 0.25) is 0 Å². The van der Waals surface area contributed by atoms with E-state index in [2.05, 4.69) is 291 Å². The van der Waals surface area contributed by atoms with Gasteiger partial charge in [-0.15, -0.1) is 11.3 Å². The van der Waals surface area contributed by atoms with E-state index in [-0.39, 0.29) is 0 Å². The Balaban J connectivity index is 0.750. The Hall–Kier alpha value is -9.14. The van der Waals surface area contributed by atoms with Gasteiger partial charge in [0.25, 0.3) is 0 Å². The molecule has 13 aromatic rings. The average molecular weight is 945 g/mol. The van der Waals surface area contributed by atoms with Crippen LogP contribution < -0.4 is 0 Å². The van der Waals surface area contributed by atoms with E-state index in [9.17, 15) is 0 Å². The van der Waals surface area contributed by atoms with Crippen molar-refractivity contribution in [1.29, 1.82) is 0 Å². The van der Waals surface area contributed by atoms with Crippen molar-refractivity contribution in [2.24, 2.45) is 0 Å². The van der Waals surface area contributed by atoms with Crippen molar-refractivity contribution in [3.8, 4) is 111 Å². The number of hydrogen-bond donors (Lipinski definition) is 0. The molecule has 0 unspecified atom stereocenters. The SMILES string of the molecule is c1ccc(-c2cccc(-c3cccc(-c4cccc(-c5ccc(-c6cccc7c6sc6c(-c8ccc(-c9cccc(-c%10cccc(-c%11cccc(-c%12ccccc%12)c%11)c%10)c9)cc8)cccc67)cc5)c4)c3)c2)cc1. The van der Waals surface area contributed by atoms with E-state index in [1.54, 1.807) is 0 Å². The fraction of sp³-hybridized carbons (Fsp3) is 0. The Morgan fingerprint density at radius 1 is 0.151 bits per heavy atom. The van der Waals surface area contributed by atoms with E-state index in [1.807, 2.05) is 11.3 Å². The lowest BCUT2D eigenvalue weighted by Gasteiger charge is -2.10. The molecule has 0 fully saturated rings. The first-order chi connectivity index (χ1) is 36.1. The Labute approximate surface area is 431 Å². The van der Waals surface area contributed by atoms with E-state index in [1.165, 1.54) is 131 Å². The molecule has 1 aromatic heterocycles. The van der Waals surface area contributed by atoms with Crippen LogP contribution in [0.3, 0.4) is 0 Å². The zero-order valence-electron chi connectivity index (χ0n) is 40.1. The highest BCUT2D eigenvalue weighted by atomic mass is 32.1. The number of rotatable bonds is 10. The van der Waals surface area contributed by atoms with Gasteiger partial charge >= 0.3 is 0 Å². The maximum atomic E-state index is 2.32. The van der Waals surface area contributed by atoms with E-state index in [4.69, 9.17) is 0 Å². The monoisotopic (exact) mass is 944 g/mol. The first-order valence-electron chi connectivity index (χ1n) is 25.0. The van der Waals surface area contributed by atoms with Crippen LogP contribution in [0.15, 0.2) is 291 Å². The third-order valence-corrected chi connectivity index (χ3v) is 15.6. The normalized spacial score (nSPS) is 11.3. The van der Waals surface area contributed by atoms with Crippen LogP contribution in [0.1, 0.15) is 0 Å². The van der Waals surface area contributed by atoms with Gasteiger partial charge in [0.2, 0.25) is 0 Å². The number of benzene rings is 12. The lowest BCUT2D eigenvalue weighted by Crippen LogP contribution is -1.85. The van der Waals surface area contributed by atoms with Gasteiger partial charge in [-0.25, -0.2) is 0 Å². The van der Waals surface area contributed by atoms with Crippen molar-refractivity contribution < 1.29 is 0 Å². The average Bonchev–Trinajstić information content (AvgIpc) is 3.88. The minimum absolute atomic E-state index is 1.20. The van der Waals surface area contributed by atoms with E-state index < -0.39 is 0 Å². The second kappa shape index (κ2) is 19.2. The molecule has 73 heavy (non-hydrogen) atoms. The maximum absolute atomic E-state index is 2.32. The summed E-state index contributed by atoms with van der Waals surface area (Å²) in [5.41, 5.74) is 24.4. The zero-order chi connectivity index (χ0) is 48.5. The fourth-order valence-corrected chi connectivity index (χ4v) is 11.9. The molecule has 0 saturated heterocycles. The smallest absolute Gasteiger partial charge is 0.0434 e. The topological polar surface area (TPSA) is 0 Å². The predicted octanol–water partition coefficient (Wildman–Crippen LogP) is 20.7. The van der Waals surface area contributed by atoms with Crippen LogP contribution in [-0.2, 0) is 0 Å².